The molecule has 2 aromatic rings. The van der Waals surface area contributed by atoms with Crippen molar-refractivity contribution in [2.24, 2.45) is 0 Å². The van der Waals surface area contributed by atoms with Crippen molar-refractivity contribution in [1.82, 2.24) is 10.6 Å². The molecule has 3 N–H and O–H groups in total. The fourth-order valence-electron chi connectivity index (χ4n) is 2.76. The predicted octanol–water partition coefficient (Wildman–Crippen LogP) is 2.49. The van der Waals surface area contributed by atoms with Crippen molar-refractivity contribution >= 4 is 11.8 Å². The quantitative estimate of drug-likeness (QED) is 0.691. The Morgan fingerprint density at radius 2 is 1.40 bits per heavy atom. The van der Waals surface area contributed by atoms with E-state index in [0.29, 0.717) is 6.42 Å². The molecule has 25 heavy (non-hydrogen) atoms. The number of aliphatic hydroxyl groups excluding tert-OH is 1. The zero-order chi connectivity index (χ0) is 18.1. The van der Waals surface area contributed by atoms with E-state index in [2.05, 4.69) is 10.6 Å². The largest absolute Gasteiger partial charge is 0.396 e. The van der Waals surface area contributed by atoms with E-state index < -0.39 is 0 Å². The zero-order valence-corrected chi connectivity index (χ0v) is 14.3. The van der Waals surface area contributed by atoms with Crippen molar-refractivity contribution in [3.05, 3.63) is 71.8 Å². The highest BCUT2D eigenvalue weighted by Gasteiger charge is 2.20. The highest BCUT2D eigenvalue weighted by Crippen LogP contribution is 2.20. The van der Waals surface area contributed by atoms with Gasteiger partial charge in [0, 0.05) is 13.5 Å². The Hall–Kier alpha value is -2.66. The molecular weight excluding hydrogens is 316 g/mol. The molecule has 0 bridgehead atoms. The number of carbonyl (C=O) groups excluding carboxylic acids is 2. The minimum Gasteiger partial charge on any atom is -0.396 e. The average Bonchev–Trinajstić information content (AvgIpc) is 2.62. The van der Waals surface area contributed by atoms with Gasteiger partial charge in [0.2, 0.25) is 11.8 Å². The summed E-state index contributed by atoms with van der Waals surface area (Å²) in [5, 5.41) is 15.1. The van der Waals surface area contributed by atoms with Crippen LogP contribution in [0.3, 0.4) is 0 Å². The van der Waals surface area contributed by atoms with E-state index >= 15 is 0 Å². The summed E-state index contributed by atoms with van der Waals surface area (Å²) in [7, 11) is 0. The van der Waals surface area contributed by atoms with Gasteiger partial charge in [-0.15, -0.1) is 0 Å². The first-order valence-corrected chi connectivity index (χ1v) is 8.37. The Kier molecular flexibility index (Phi) is 7.16. The highest BCUT2D eigenvalue weighted by molar-refractivity contribution is 5.79. The lowest BCUT2D eigenvalue weighted by Gasteiger charge is -2.22. The van der Waals surface area contributed by atoms with Crippen molar-refractivity contribution < 1.29 is 14.7 Å². The summed E-state index contributed by atoms with van der Waals surface area (Å²) in [6.07, 6.45) is 0.574. The van der Waals surface area contributed by atoms with E-state index in [4.69, 9.17) is 0 Å². The number of aliphatic hydroxyl groups is 1. The molecule has 0 aliphatic rings. The molecule has 0 heterocycles. The van der Waals surface area contributed by atoms with Gasteiger partial charge in [0.05, 0.1) is 18.5 Å². The monoisotopic (exact) mass is 340 g/mol. The van der Waals surface area contributed by atoms with Crippen LogP contribution in [0.5, 0.6) is 0 Å². The molecule has 0 saturated carbocycles. The number of hydrogen-bond acceptors (Lipinski definition) is 3. The van der Waals surface area contributed by atoms with Gasteiger partial charge < -0.3 is 15.7 Å². The summed E-state index contributed by atoms with van der Waals surface area (Å²) in [6, 6.07) is 18.3. The first kappa shape index (κ1) is 18.7. The van der Waals surface area contributed by atoms with Crippen LogP contribution in [0.15, 0.2) is 60.7 Å². The first-order chi connectivity index (χ1) is 12.1. The van der Waals surface area contributed by atoms with Gasteiger partial charge in [-0.05, 0) is 17.5 Å². The molecule has 5 nitrogen and oxygen atoms in total. The molecule has 0 saturated heterocycles. The van der Waals surface area contributed by atoms with Gasteiger partial charge in [-0.1, -0.05) is 60.7 Å². The van der Waals surface area contributed by atoms with Crippen LogP contribution in [0.25, 0.3) is 0 Å². The maximum atomic E-state index is 12.5. The van der Waals surface area contributed by atoms with Crippen LogP contribution < -0.4 is 10.6 Å². The second-order valence-electron chi connectivity index (χ2n) is 5.91. The lowest BCUT2D eigenvalue weighted by Crippen LogP contribution is -2.34. The number of carbonyl (C=O) groups is 2. The molecule has 0 aliphatic heterocycles. The molecular formula is C20H24N2O3. The summed E-state index contributed by atoms with van der Waals surface area (Å²) in [4.78, 5) is 24.0. The fourth-order valence-corrected chi connectivity index (χ4v) is 2.76. The molecule has 5 heteroatoms. The van der Waals surface area contributed by atoms with Gasteiger partial charge in [0.25, 0.3) is 0 Å². The minimum atomic E-state index is -0.385. The van der Waals surface area contributed by atoms with Crippen molar-refractivity contribution in [2.75, 3.05) is 6.61 Å². The SMILES string of the molecule is CC(=O)NC(CC(=O)NC(CCO)c1ccccc1)c1ccccc1. The van der Waals surface area contributed by atoms with Crippen molar-refractivity contribution in [3.8, 4) is 0 Å². The number of rotatable bonds is 8. The van der Waals surface area contributed by atoms with Gasteiger partial charge in [0.1, 0.15) is 0 Å². The molecule has 2 aromatic carbocycles. The lowest BCUT2D eigenvalue weighted by atomic mass is 10.0. The number of hydrogen-bond donors (Lipinski definition) is 3. The third-order valence-electron chi connectivity index (χ3n) is 3.92. The Morgan fingerprint density at radius 3 is 1.88 bits per heavy atom. The average molecular weight is 340 g/mol. The molecule has 0 aromatic heterocycles. The Bertz CT molecular complexity index is 674. The highest BCUT2D eigenvalue weighted by atomic mass is 16.3. The molecule has 0 fully saturated rings. The molecule has 2 rings (SSSR count). The van der Waals surface area contributed by atoms with E-state index in [0.717, 1.165) is 11.1 Å². The van der Waals surface area contributed by atoms with Crippen LogP contribution >= 0.6 is 0 Å². The zero-order valence-electron chi connectivity index (χ0n) is 14.3. The maximum Gasteiger partial charge on any atom is 0.222 e. The van der Waals surface area contributed by atoms with E-state index in [1.807, 2.05) is 60.7 Å². The van der Waals surface area contributed by atoms with Gasteiger partial charge in [-0.2, -0.15) is 0 Å². The molecule has 0 aliphatic carbocycles. The number of benzene rings is 2. The summed E-state index contributed by atoms with van der Waals surface area (Å²) < 4.78 is 0. The Balaban J connectivity index is 2.07. The second kappa shape index (κ2) is 9.59. The van der Waals surface area contributed by atoms with E-state index in [1.165, 1.54) is 6.92 Å². The number of amides is 2. The molecule has 0 spiro atoms. The normalized spacial score (nSPS) is 12.9. The first-order valence-electron chi connectivity index (χ1n) is 8.37. The summed E-state index contributed by atoms with van der Waals surface area (Å²) in [5.74, 6) is -0.360. The summed E-state index contributed by atoms with van der Waals surface area (Å²) in [5.41, 5.74) is 1.83. The van der Waals surface area contributed by atoms with Crippen molar-refractivity contribution in [3.63, 3.8) is 0 Å². The maximum absolute atomic E-state index is 12.5. The fraction of sp³-hybridized carbons (Fsp3) is 0.300. The summed E-state index contributed by atoms with van der Waals surface area (Å²) in [6.45, 7) is 1.42. The van der Waals surface area contributed by atoms with Crippen LogP contribution in [-0.2, 0) is 9.59 Å². The smallest absolute Gasteiger partial charge is 0.222 e. The predicted molar refractivity (Wildman–Crippen MR) is 96.6 cm³/mol. The van der Waals surface area contributed by atoms with Crippen molar-refractivity contribution in [2.45, 2.75) is 31.8 Å². The Morgan fingerprint density at radius 1 is 0.880 bits per heavy atom. The molecule has 2 atom stereocenters. The molecule has 0 radical (unpaired) electrons. The van der Waals surface area contributed by atoms with Gasteiger partial charge in [-0.25, -0.2) is 0 Å². The van der Waals surface area contributed by atoms with Crippen LogP contribution in [0, 0.1) is 0 Å². The topological polar surface area (TPSA) is 78.4 Å². The number of nitrogens with one attached hydrogen (secondary N) is 2. The van der Waals surface area contributed by atoms with E-state index in [-0.39, 0.29) is 36.9 Å². The van der Waals surface area contributed by atoms with Crippen molar-refractivity contribution in [1.29, 1.82) is 0 Å². The second-order valence-corrected chi connectivity index (χ2v) is 5.91. The van der Waals surface area contributed by atoms with E-state index in [1.54, 1.807) is 0 Å². The third-order valence-corrected chi connectivity index (χ3v) is 3.92. The van der Waals surface area contributed by atoms with Crippen LogP contribution in [0.4, 0.5) is 0 Å². The van der Waals surface area contributed by atoms with Crippen LogP contribution in [0.2, 0.25) is 0 Å². The molecule has 2 unspecified atom stereocenters. The molecule has 2 amide bonds. The third kappa shape index (κ3) is 6.04. The summed E-state index contributed by atoms with van der Waals surface area (Å²) >= 11 is 0. The minimum absolute atomic E-state index is 0.0202. The Labute approximate surface area is 148 Å². The van der Waals surface area contributed by atoms with Crippen LogP contribution in [0.1, 0.15) is 43.0 Å². The standard InChI is InChI=1S/C20H24N2O3/c1-15(24)21-19(17-10-6-3-7-11-17)14-20(25)22-18(12-13-23)16-8-4-2-5-9-16/h2-11,18-19,23H,12-14H2,1H3,(H,21,24)(H,22,25). The van der Waals surface area contributed by atoms with E-state index in [9.17, 15) is 14.7 Å². The van der Waals surface area contributed by atoms with Gasteiger partial charge in [-0.3, -0.25) is 9.59 Å². The molecule has 132 valence electrons. The van der Waals surface area contributed by atoms with Gasteiger partial charge in [0.15, 0.2) is 0 Å². The van der Waals surface area contributed by atoms with Crippen LogP contribution in [-0.4, -0.2) is 23.5 Å². The lowest BCUT2D eigenvalue weighted by molar-refractivity contribution is -0.123. The van der Waals surface area contributed by atoms with Gasteiger partial charge >= 0.3 is 0 Å².